The van der Waals surface area contributed by atoms with E-state index in [0.29, 0.717) is 0 Å². The van der Waals surface area contributed by atoms with E-state index in [2.05, 4.69) is 34.5 Å². The molecule has 2 aromatic carbocycles. The fraction of sp³-hybridized carbons (Fsp3) is 0.0667. The number of para-hydroxylation sites is 1. The first-order chi connectivity index (χ1) is 9.24. The van der Waals surface area contributed by atoms with Crippen molar-refractivity contribution in [3.05, 3.63) is 60.3 Å². The number of hydrogen-bond donors (Lipinski definition) is 2. The number of fused-ring (bicyclic) bond motifs is 1. The summed E-state index contributed by atoms with van der Waals surface area (Å²) in [6.45, 7) is 2.06. The average Bonchev–Trinajstić information content (AvgIpc) is 2.83. The van der Waals surface area contributed by atoms with Gasteiger partial charge in [-0.1, -0.05) is 35.9 Å². The van der Waals surface area contributed by atoms with E-state index < -0.39 is 10.9 Å². The van der Waals surface area contributed by atoms with Crippen molar-refractivity contribution >= 4 is 27.5 Å². The quantitative estimate of drug-likeness (QED) is 0.729. The zero-order valence-electron chi connectivity index (χ0n) is 10.6. The number of nitrogens with two attached hydrogens (primary N) is 1. The number of H-pyrrole nitrogens is 1. The Kier molecular flexibility index (Phi) is 3.19. The maximum absolute atomic E-state index is 6.17. The molecule has 0 bridgehead atoms. The first kappa shape index (κ1) is 12.1. The molecule has 0 aliphatic carbocycles. The summed E-state index contributed by atoms with van der Waals surface area (Å²) in [6, 6.07) is 16.3. The summed E-state index contributed by atoms with van der Waals surface area (Å²) in [5, 5.41) is 7.28. The summed E-state index contributed by atoms with van der Waals surface area (Å²) < 4.78 is 4.62. The molecule has 96 valence electrons. The maximum atomic E-state index is 6.17. The Bertz CT molecular complexity index is 741. The summed E-state index contributed by atoms with van der Waals surface area (Å²) in [5.74, 6) is 0. The second kappa shape index (κ2) is 4.99. The molecule has 1 aromatic heterocycles. The highest BCUT2D eigenvalue weighted by atomic mass is 32.2. The largest absolute Gasteiger partial charge is 0.359 e. The Morgan fingerprint density at radius 3 is 2.58 bits per heavy atom. The fourth-order valence-corrected chi connectivity index (χ4v) is 2.85. The van der Waals surface area contributed by atoms with Crippen molar-refractivity contribution in [2.75, 3.05) is 0 Å². The van der Waals surface area contributed by atoms with Crippen LogP contribution in [0, 0.1) is 6.92 Å². The van der Waals surface area contributed by atoms with Gasteiger partial charge in [-0.05, 0) is 25.1 Å². The lowest BCUT2D eigenvalue weighted by atomic mass is 10.2. The van der Waals surface area contributed by atoms with Gasteiger partial charge in [0.05, 0.1) is 5.69 Å². The molecule has 3 nitrogen and oxygen atoms in total. The topological polar surface area (TPSA) is 54.2 Å². The number of benzene rings is 2. The van der Waals surface area contributed by atoms with E-state index in [1.54, 1.807) is 0 Å². The predicted octanol–water partition coefficient (Wildman–Crippen LogP) is 3.84. The van der Waals surface area contributed by atoms with Gasteiger partial charge in [0.2, 0.25) is 0 Å². The van der Waals surface area contributed by atoms with Gasteiger partial charge in [-0.2, -0.15) is 0 Å². The van der Waals surface area contributed by atoms with Gasteiger partial charge in [-0.25, -0.2) is 4.36 Å². The summed E-state index contributed by atoms with van der Waals surface area (Å²) in [7, 11) is -0.622. The molecule has 0 aliphatic heterocycles. The minimum atomic E-state index is -0.622. The zero-order chi connectivity index (χ0) is 13.2. The van der Waals surface area contributed by atoms with Gasteiger partial charge >= 0.3 is 0 Å². The Morgan fingerprint density at radius 1 is 1.05 bits per heavy atom. The first-order valence-corrected chi connectivity index (χ1v) is 7.32. The van der Waals surface area contributed by atoms with Crippen molar-refractivity contribution in [1.82, 2.24) is 4.98 Å². The second-order valence-corrected chi connectivity index (χ2v) is 5.72. The Balaban J connectivity index is 2.03. The molecule has 4 heteroatoms. The number of nitrogens with one attached hydrogen (secondary N) is 1. The van der Waals surface area contributed by atoms with E-state index in [9.17, 15) is 0 Å². The standard InChI is InChI=1S/C15H15N3S/c1-11-6-8-12(9-7-11)19(16)18-15-10-17-14-5-3-2-4-13(14)15/h2-10,17H,1H3,(H2,16,18). The van der Waals surface area contributed by atoms with Gasteiger partial charge in [-0.3, -0.25) is 5.14 Å². The van der Waals surface area contributed by atoms with Crippen LogP contribution in [0.15, 0.2) is 64.0 Å². The van der Waals surface area contributed by atoms with E-state index >= 15 is 0 Å². The van der Waals surface area contributed by atoms with Crippen LogP contribution in [0.5, 0.6) is 0 Å². The molecule has 0 saturated carbocycles. The molecule has 19 heavy (non-hydrogen) atoms. The molecule has 3 N–H and O–H groups in total. The van der Waals surface area contributed by atoms with Gasteiger partial charge in [0.15, 0.2) is 0 Å². The summed E-state index contributed by atoms with van der Waals surface area (Å²) in [4.78, 5) is 4.26. The highest BCUT2D eigenvalue weighted by molar-refractivity contribution is 7.85. The Hall–Kier alpha value is -1.91. The average molecular weight is 269 g/mol. The maximum Gasteiger partial charge on any atom is 0.0974 e. The third-order valence-corrected chi connectivity index (χ3v) is 4.18. The molecule has 0 amide bonds. The van der Waals surface area contributed by atoms with Crippen molar-refractivity contribution in [3.8, 4) is 0 Å². The molecule has 0 aliphatic rings. The molecule has 3 rings (SSSR count). The molecule has 0 radical (unpaired) electrons. The van der Waals surface area contributed by atoms with Gasteiger partial charge < -0.3 is 4.98 Å². The van der Waals surface area contributed by atoms with Gasteiger partial charge in [-0.15, -0.1) is 0 Å². The number of rotatable bonds is 2. The van der Waals surface area contributed by atoms with Gasteiger partial charge in [0.1, 0.15) is 0 Å². The smallest absolute Gasteiger partial charge is 0.0974 e. The highest BCUT2D eigenvalue weighted by Crippen LogP contribution is 2.26. The van der Waals surface area contributed by atoms with E-state index in [1.807, 2.05) is 36.5 Å². The van der Waals surface area contributed by atoms with Crippen LogP contribution < -0.4 is 5.14 Å². The van der Waals surface area contributed by atoms with Gasteiger partial charge in [0, 0.05) is 32.9 Å². The van der Waals surface area contributed by atoms with Gasteiger partial charge in [0.25, 0.3) is 0 Å². The van der Waals surface area contributed by atoms with E-state index in [1.165, 1.54) is 5.56 Å². The molecule has 3 aromatic rings. The fourth-order valence-electron chi connectivity index (χ4n) is 1.97. The van der Waals surface area contributed by atoms with E-state index in [4.69, 9.17) is 5.14 Å². The molecule has 1 atom stereocenters. The molecule has 1 unspecified atom stereocenters. The van der Waals surface area contributed by atoms with Crippen LogP contribution in [0.3, 0.4) is 0 Å². The van der Waals surface area contributed by atoms with Crippen LogP contribution >= 0.6 is 0 Å². The number of hydrogen-bond acceptors (Lipinski definition) is 1. The second-order valence-electron chi connectivity index (χ2n) is 4.44. The number of aromatic amines is 1. The summed E-state index contributed by atoms with van der Waals surface area (Å²) in [5.41, 5.74) is 3.23. The lowest BCUT2D eigenvalue weighted by Crippen LogP contribution is -2.02. The number of aryl methyl sites for hydroxylation is 1. The van der Waals surface area contributed by atoms with Crippen molar-refractivity contribution in [1.29, 1.82) is 0 Å². The zero-order valence-corrected chi connectivity index (χ0v) is 11.4. The molecular formula is C15H15N3S. The van der Waals surface area contributed by atoms with E-state index in [-0.39, 0.29) is 0 Å². The molecule has 1 heterocycles. The minimum Gasteiger partial charge on any atom is -0.359 e. The Morgan fingerprint density at radius 2 is 1.79 bits per heavy atom. The SMILES string of the molecule is Cc1ccc(S(N)=Nc2c[nH]c3ccccc23)cc1. The third kappa shape index (κ3) is 2.45. The normalized spacial score (nSPS) is 12.9. The summed E-state index contributed by atoms with van der Waals surface area (Å²) in [6.07, 6.45) is 1.91. The molecule has 0 fully saturated rings. The van der Waals surface area contributed by atoms with Crippen LogP contribution in [-0.2, 0) is 10.9 Å². The highest BCUT2D eigenvalue weighted by Gasteiger charge is 2.02. The van der Waals surface area contributed by atoms with Crippen molar-refractivity contribution in [2.45, 2.75) is 11.8 Å². The lowest BCUT2D eigenvalue weighted by molar-refractivity contribution is 1.36. The minimum absolute atomic E-state index is 0.622. The number of aromatic nitrogens is 1. The van der Waals surface area contributed by atoms with Crippen LogP contribution in [0.4, 0.5) is 5.69 Å². The lowest BCUT2D eigenvalue weighted by Gasteiger charge is -2.02. The van der Waals surface area contributed by atoms with Crippen molar-refractivity contribution < 1.29 is 0 Å². The molecule has 0 spiro atoms. The summed E-state index contributed by atoms with van der Waals surface area (Å²) >= 11 is 0. The monoisotopic (exact) mass is 269 g/mol. The van der Waals surface area contributed by atoms with Crippen LogP contribution in [-0.4, -0.2) is 4.98 Å². The molecule has 0 saturated heterocycles. The molecular weight excluding hydrogens is 254 g/mol. The first-order valence-electron chi connectivity index (χ1n) is 6.07. The van der Waals surface area contributed by atoms with E-state index in [0.717, 1.165) is 21.5 Å². The van der Waals surface area contributed by atoms with Crippen LogP contribution in [0.25, 0.3) is 10.9 Å². The van der Waals surface area contributed by atoms with Crippen molar-refractivity contribution in [3.63, 3.8) is 0 Å². The van der Waals surface area contributed by atoms with Crippen LogP contribution in [0.2, 0.25) is 0 Å². The third-order valence-electron chi connectivity index (χ3n) is 3.03. The number of nitrogens with zero attached hydrogens (tertiary/aromatic N) is 1. The predicted molar refractivity (Wildman–Crippen MR) is 81.4 cm³/mol. The Labute approximate surface area is 114 Å². The van der Waals surface area contributed by atoms with Crippen molar-refractivity contribution in [2.24, 2.45) is 9.50 Å². The van der Waals surface area contributed by atoms with Crippen LogP contribution in [0.1, 0.15) is 5.56 Å².